The van der Waals surface area contributed by atoms with Gasteiger partial charge in [0.05, 0.1) is 0 Å². The van der Waals surface area contributed by atoms with E-state index in [9.17, 15) is 0 Å². The van der Waals surface area contributed by atoms with Gasteiger partial charge in [-0.1, -0.05) is 36.2 Å². The molecule has 0 amide bonds. The van der Waals surface area contributed by atoms with Crippen molar-refractivity contribution in [3.63, 3.8) is 0 Å². The maximum Gasteiger partial charge on any atom is 0.0453 e. The first-order valence-corrected chi connectivity index (χ1v) is 7.37. The fraction of sp³-hybridized carbons (Fsp3) is 0.500. The molecule has 0 fully saturated rings. The van der Waals surface area contributed by atoms with Crippen LogP contribution in [0.4, 0.5) is 0 Å². The van der Waals surface area contributed by atoms with Crippen molar-refractivity contribution in [2.24, 2.45) is 0 Å². The summed E-state index contributed by atoms with van der Waals surface area (Å²) in [7, 11) is 0. The van der Waals surface area contributed by atoms with Gasteiger partial charge in [-0.2, -0.15) is 11.8 Å². The van der Waals surface area contributed by atoms with E-state index in [1.807, 2.05) is 23.9 Å². The molecular formula is C12H17Cl2NS. The molecule has 16 heavy (non-hydrogen) atoms. The summed E-state index contributed by atoms with van der Waals surface area (Å²) < 4.78 is 0. The molecule has 4 heteroatoms. The van der Waals surface area contributed by atoms with Gasteiger partial charge in [0.15, 0.2) is 0 Å². The zero-order chi connectivity index (χ0) is 11.8. The van der Waals surface area contributed by atoms with Crippen molar-refractivity contribution in [2.75, 3.05) is 24.6 Å². The second-order valence-electron chi connectivity index (χ2n) is 3.43. The number of nitrogens with one attached hydrogen (secondary N) is 1. The average molecular weight is 278 g/mol. The van der Waals surface area contributed by atoms with Gasteiger partial charge in [-0.05, 0) is 36.4 Å². The largest absolute Gasteiger partial charge is 0.316 e. The Morgan fingerprint density at radius 2 is 2.06 bits per heavy atom. The second-order valence-corrected chi connectivity index (χ2v) is 5.67. The first kappa shape index (κ1) is 14.2. The smallest absolute Gasteiger partial charge is 0.0453 e. The molecule has 0 radical (unpaired) electrons. The molecule has 90 valence electrons. The minimum Gasteiger partial charge on any atom is -0.316 e. The predicted octanol–water partition coefficient (Wildman–Crippen LogP) is 3.88. The van der Waals surface area contributed by atoms with Gasteiger partial charge in [0, 0.05) is 22.3 Å². The van der Waals surface area contributed by atoms with Crippen molar-refractivity contribution >= 4 is 35.0 Å². The van der Waals surface area contributed by atoms with Crippen LogP contribution in [0.1, 0.15) is 12.5 Å². The van der Waals surface area contributed by atoms with Gasteiger partial charge in [0.2, 0.25) is 0 Å². The van der Waals surface area contributed by atoms with Crippen molar-refractivity contribution in [1.29, 1.82) is 0 Å². The molecule has 0 saturated heterocycles. The number of rotatable bonds is 7. The quantitative estimate of drug-likeness (QED) is 0.760. The van der Waals surface area contributed by atoms with Gasteiger partial charge in [-0.25, -0.2) is 0 Å². The van der Waals surface area contributed by atoms with E-state index in [0.717, 1.165) is 30.1 Å². The SMILES string of the molecule is CCSCCNCCc1ccc(Cl)cc1Cl. The molecule has 1 aromatic rings. The third kappa shape index (κ3) is 5.44. The van der Waals surface area contributed by atoms with E-state index in [1.54, 1.807) is 6.07 Å². The van der Waals surface area contributed by atoms with E-state index in [1.165, 1.54) is 11.5 Å². The van der Waals surface area contributed by atoms with Crippen molar-refractivity contribution in [3.8, 4) is 0 Å². The topological polar surface area (TPSA) is 12.0 Å². The number of benzene rings is 1. The standard InChI is InChI=1S/C12H17Cl2NS/c1-2-16-8-7-15-6-5-10-3-4-11(13)9-12(10)14/h3-4,9,15H,2,5-8H2,1H3. The Morgan fingerprint density at radius 1 is 1.25 bits per heavy atom. The summed E-state index contributed by atoms with van der Waals surface area (Å²) >= 11 is 13.9. The Labute approximate surface area is 112 Å². The first-order chi connectivity index (χ1) is 7.74. The molecule has 0 heterocycles. The Hall–Kier alpha value is 0.110. The molecule has 0 aliphatic carbocycles. The summed E-state index contributed by atoms with van der Waals surface area (Å²) in [5.74, 6) is 2.36. The normalized spacial score (nSPS) is 10.7. The summed E-state index contributed by atoms with van der Waals surface area (Å²) in [5.41, 5.74) is 1.15. The van der Waals surface area contributed by atoms with Gasteiger partial charge in [-0.15, -0.1) is 0 Å². The molecule has 0 atom stereocenters. The van der Waals surface area contributed by atoms with Crippen LogP contribution in [0, 0.1) is 0 Å². The van der Waals surface area contributed by atoms with E-state index in [0.29, 0.717) is 5.02 Å². The average Bonchev–Trinajstić information content (AvgIpc) is 2.26. The lowest BCUT2D eigenvalue weighted by Gasteiger charge is -2.06. The lowest BCUT2D eigenvalue weighted by molar-refractivity contribution is 0.721. The molecule has 0 bridgehead atoms. The van der Waals surface area contributed by atoms with Crippen molar-refractivity contribution in [3.05, 3.63) is 33.8 Å². The predicted molar refractivity (Wildman–Crippen MR) is 76.0 cm³/mol. The highest BCUT2D eigenvalue weighted by Gasteiger charge is 2.00. The summed E-state index contributed by atoms with van der Waals surface area (Å²) in [6.45, 7) is 4.20. The molecule has 1 N–H and O–H groups in total. The molecule has 0 aliphatic rings. The molecule has 0 spiro atoms. The van der Waals surface area contributed by atoms with Crippen molar-refractivity contribution in [2.45, 2.75) is 13.3 Å². The monoisotopic (exact) mass is 277 g/mol. The van der Waals surface area contributed by atoms with Gasteiger partial charge >= 0.3 is 0 Å². The first-order valence-electron chi connectivity index (χ1n) is 5.46. The Morgan fingerprint density at radius 3 is 2.75 bits per heavy atom. The zero-order valence-corrected chi connectivity index (χ0v) is 11.8. The Bertz CT molecular complexity index is 318. The van der Waals surface area contributed by atoms with Crippen LogP contribution < -0.4 is 5.32 Å². The van der Waals surface area contributed by atoms with Crippen LogP contribution in [0.3, 0.4) is 0 Å². The fourth-order valence-corrected chi connectivity index (χ4v) is 2.44. The summed E-state index contributed by atoms with van der Waals surface area (Å²) in [6.07, 6.45) is 0.951. The lowest BCUT2D eigenvalue weighted by Crippen LogP contribution is -2.20. The number of hydrogen-bond donors (Lipinski definition) is 1. The third-order valence-electron chi connectivity index (χ3n) is 2.21. The van der Waals surface area contributed by atoms with Gasteiger partial charge in [0.25, 0.3) is 0 Å². The molecule has 1 nitrogen and oxygen atoms in total. The van der Waals surface area contributed by atoms with Crippen LogP contribution in [0.25, 0.3) is 0 Å². The highest BCUT2D eigenvalue weighted by molar-refractivity contribution is 7.99. The summed E-state index contributed by atoms with van der Waals surface area (Å²) in [4.78, 5) is 0. The molecular weight excluding hydrogens is 261 g/mol. The maximum atomic E-state index is 6.08. The third-order valence-corrected chi connectivity index (χ3v) is 3.70. The van der Waals surface area contributed by atoms with Crippen LogP contribution >= 0.6 is 35.0 Å². The van der Waals surface area contributed by atoms with Crippen LogP contribution in [-0.2, 0) is 6.42 Å². The fourth-order valence-electron chi connectivity index (χ4n) is 1.36. The highest BCUT2D eigenvalue weighted by Crippen LogP contribution is 2.20. The molecule has 1 rings (SSSR count). The second kappa shape index (κ2) is 8.24. The molecule has 0 aliphatic heterocycles. The lowest BCUT2D eigenvalue weighted by atomic mass is 10.1. The van der Waals surface area contributed by atoms with E-state index in [-0.39, 0.29) is 0 Å². The zero-order valence-electron chi connectivity index (χ0n) is 9.43. The maximum absolute atomic E-state index is 6.08. The minimum absolute atomic E-state index is 0.695. The van der Waals surface area contributed by atoms with Gasteiger partial charge < -0.3 is 5.32 Å². The summed E-state index contributed by atoms with van der Waals surface area (Å²) in [5, 5.41) is 4.85. The van der Waals surface area contributed by atoms with E-state index in [4.69, 9.17) is 23.2 Å². The van der Waals surface area contributed by atoms with Crippen molar-refractivity contribution < 1.29 is 0 Å². The van der Waals surface area contributed by atoms with Crippen LogP contribution in [-0.4, -0.2) is 24.6 Å². The van der Waals surface area contributed by atoms with E-state index >= 15 is 0 Å². The van der Waals surface area contributed by atoms with E-state index < -0.39 is 0 Å². The molecule has 0 saturated carbocycles. The van der Waals surface area contributed by atoms with Crippen LogP contribution in [0.15, 0.2) is 18.2 Å². The van der Waals surface area contributed by atoms with E-state index in [2.05, 4.69) is 12.2 Å². The van der Waals surface area contributed by atoms with Crippen molar-refractivity contribution in [1.82, 2.24) is 5.32 Å². The Kier molecular flexibility index (Phi) is 7.30. The Balaban J connectivity index is 2.21. The number of thioether (sulfide) groups is 1. The van der Waals surface area contributed by atoms with Gasteiger partial charge in [-0.3, -0.25) is 0 Å². The van der Waals surface area contributed by atoms with Crippen LogP contribution in [0.5, 0.6) is 0 Å². The van der Waals surface area contributed by atoms with Crippen LogP contribution in [0.2, 0.25) is 10.0 Å². The van der Waals surface area contributed by atoms with Gasteiger partial charge in [0.1, 0.15) is 0 Å². The highest BCUT2D eigenvalue weighted by atomic mass is 35.5. The molecule has 1 aromatic carbocycles. The number of hydrogen-bond acceptors (Lipinski definition) is 2. The minimum atomic E-state index is 0.695. The summed E-state index contributed by atoms with van der Waals surface area (Å²) in [6, 6.07) is 5.67. The number of halogens is 2. The molecule has 0 aromatic heterocycles. The molecule has 0 unspecified atom stereocenters.